The first-order valence-corrected chi connectivity index (χ1v) is 5.92. The molecule has 0 saturated carbocycles. The number of hydrogen-bond acceptors (Lipinski definition) is 3. The van der Waals surface area contributed by atoms with Crippen LogP contribution in [0.25, 0.3) is 0 Å². The van der Waals surface area contributed by atoms with Crippen molar-refractivity contribution in [3.63, 3.8) is 0 Å². The molecule has 1 aromatic rings. The van der Waals surface area contributed by atoms with Crippen LogP contribution < -0.4 is 16.0 Å². The Kier molecular flexibility index (Phi) is 5.90. The quantitative estimate of drug-likeness (QED) is 0.550. The van der Waals surface area contributed by atoms with Gasteiger partial charge in [0.2, 0.25) is 0 Å². The molecule has 0 aliphatic carbocycles. The molecule has 1 aromatic carbocycles. The molecule has 0 aliphatic rings. The molecule has 0 saturated heterocycles. The van der Waals surface area contributed by atoms with Crippen molar-refractivity contribution >= 4 is 0 Å². The second-order valence-corrected chi connectivity index (χ2v) is 4.16. The largest absolute Gasteiger partial charge is 0.492 e. The normalized spacial score (nSPS) is 14.4. The molecular formula is C13H22N2O. The number of para-hydroxylation sites is 1. The number of ether oxygens (including phenoxy) is 1. The van der Waals surface area contributed by atoms with E-state index in [4.69, 9.17) is 10.6 Å². The van der Waals surface area contributed by atoms with Crippen LogP contribution in [0.1, 0.15) is 26.7 Å². The lowest BCUT2D eigenvalue weighted by atomic mass is 9.98. The number of rotatable bonds is 7. The van der Waals surface area contributed by atoms with E-state index in [9.17, 15) is 0 Å². The molecule has 3 N–H and O–H groups in total. The van der Waals surface area contributed by atoms with E-state index in [2.05, 4.69) is 19.3 Å². The molecule has 3 nitrogen and oxygen atoms in total. The van der Waals surface area contributed by atoms with Gasteiger partial charge in [-0.1, -0.05) is 38.5 Å². The van der Waals surface area contributed by atoms with Gasteiger partial charge in [0.1, 0.15) is 12.4 Å². The number of nitrogens with two attached hydrogens (primary N) is 1. The van der Waals surface area contributed by atoms with Gasteiger partial charge in [-0.2, -0.15) is 0 Å². The van der Waals surface area contributed by atoms with Crippen LogP contribution in [0.15, 0.2) is 30.3 Å². The lowest BCUT2D eigenvalue weighted by Gasteiger charge is -2.23. The Balaban J connectivity index is 2.39. The summed E-state index contributed by atoms with van der Waals surface area (Å²) in [4.78, 5) is 0. The van der Waals surface area contributed by atoms with Crippen molar-refractivity contribution in [2.75, 3.05) is 6.61 Å². The Morgan fingerprint density at radius 2 is 2.00 bits per heavy atom. The van der Waals surface area contributed by atoms with Gasteiger partial charge in [-0.3, -0.25) is 11.3 Å². The van der Waals surface area contributed by atoms with Gasteiger partial charge in [0.15, 0.2) is 0 Å². The van der Waals surface area contributed by atoms with E-state index in [0.717, 1.165) is 12.2 Å². The topological polar surface area (TPSA) is 47.3 Å². The highest BCUT2D eigenvalue weighted by Gasteiger charge is 2.15. The van der Waals surface area contributed by atoms with Crippen LogP contribution in [-0.2, 0) is 0 Å². The fraction of sp³-hybridized carbons (Fsp3) is 0.538. The number of benzene rings is 1. The lowest BCUT2D eigenvalue weighted by molar-refractivity contribution is 0.218. The van der Waals surface area contributed by atoms with E-state index in [1.807, 2.05) is 30.3 Å². The van der Waals surface area contributed by atoms with E-state index in [-0.39, 0.29) is 6.04 Å². The van der Waals surface area contributed by atoms with Crippen LogP contribution in [0.3, 0.4) is 0 Å². The molecule has 90 valence electrons. The third kappa shape index (κ3) is 4.21. The average molecular weight is 222 g/mol. The summed E-state index contributed by atoms with van der Waals surface area (Å²) in [6.07, 6.45) is 2.33. The van der Waals surface area contributed by atoms with Crippen LogP contribution in [0.2, 0.25) is 0 Å². The zero-order chi connectivity index (χ0) is 11.8. The Labute approximate surface area is 98.0 Å². The van der Waals surface area contributed by atoms with Crippen molar-refractivity contribution in [2.45, 2.75) is 32.7 Å². The molecule has 0 bridgehead atoms. The van der Waals surface area contributed by atoms with E-state index >= 15 is 0 Å². The van der Waals surface area contributed by atoms with E-state index in [1.165, 1.54) is 6.42 Å². The summed E-state index contributed by atoms with van der Waals surface area (Å²) >= 11 is 0. The molecule has 0 spiro atoms. The number of hydrogen-bond donors (Lipinski definition) is 2. The summed E-state index contributed by atoms with van der Waals surface area (Å²) < 4.78 is 5.68. The molecule has 16 heavy (non-hydrogen) atoms. The van der Waals surface area contributed by atoms with Gasteiger partial charge >= 0.3 is 0 Å². The first kappa shape index (κ1) is 13.0. The van der Waals surface area contributed by atoms with Crippen molar-refractivity contribution in [1.82, 2.24) is 5.43 Å². The fourth-order valence-corrected chi connectivity index (χ4v) is 1.74. The van der Waals surface area contributed by atoms with Gasteiger partial charge in [-0.15, -0.1) is 0 Å². The summed E-state index contributed by atoms with van der Waals surface area (Å²) in [5.74, 6) is 6.96. The molecule has 0 radical (unpaired) electrons. The van der Waals surface area contributed by atoms with Crippen LogP contribution in [-0.4, -0.2) is 12.6 Å². The van der Waals surface area contributed by atoms with Crippen molar-refractivity contribution in [3.05, 3.63) is 30.3 Å². The Bertz CT molecular complexity index is 277. The fourth-order valence-electron chi connectivity index (χ4n) is 1.74. The first-order chi connectivity index (χ1) is 7.77. The van der Waals surface area contributed by atoms with E-state index in [0.29, 0.717) is 12.5 Å². The molecule has 0 aromatic heterocycles. The summed E-state index contributed by atoms with van der Waals surface area (Å²) in [7, 11) is 0. The van der Waals surface area contributed by atoms with Gasteiger partial charge in [-0.25, -0.2) is 0 Å². The predicted octanol–water partition coefficient (Wildman–Crippen LogP) is 2.33. The summed E-state index contributed by atoms with van der Waals surface area (Å²) in [6, 6.07) is 10.0. The average Bonchev–Trinajstić information content (AvgIpc) is 2.31. The molecule has 0 amide bonds. The van der Waals surface area contributed by atoms with Crippen LogP contribution in [0.5, 0.6) is 5.75 Å². The highest BCUT2D eigenvalue weighted by molar-refractivity contribution is 5.20. The van der Waals surface area contributed by atoms with E-state index in [1.54, 1.807) is 0 Å². The molecule has 0 aliphatic heterocycles. The van der Waals surface area contributed by atoms with Crippen molar-refractivity contribution in [1.29, 1.82) is 0 Å². The van der Waals surface area contributed by atoms with Gasteiger partial charge in [0, 0.05) is 0 Å². The maximum Gasteiger partial charge on any atom is 0.119 e. The second kappa shape index (κ2) is 7.25. The molecule has 0 heterocycles. The third-order valence-electron chi connectivity index (χ3n) is 2.82. The lowest BCUT2D eigenvalue weighted by Crippen LogP contribution is -2.44. The minimum absolute atomic E-state index is 0.208. The van der Waals surface area contributed by atoms with Crippen LogP contribution in [0.4, 0.5) is 0 Å². The highest BCUT2D eigenvalue weighted by Crippen LogP contribution is 2.13. The first-order valence-electron chi connectivity index (χ1n) is 5.92. The Hall–Kier alpha value is -1.06. The van der Waals surface area contributed by atoms with Crippen LogP contribution >= 0.6 is 0 Å². The van der Waals surface area contributed by atoms with Crippen LogP contribution in [0, 0.1) is 5.92 Å². The molecule has 2 atom stereocenters. The molecular weight excluding hydrogens is 200 g/mol. The molecule has 3 heteroatoms. The summed E-state index contributed by atoms with van der Waals surface area (Å²) in [5, 5.41) is 0. The van der Waals surface area contributed by atoms with E-state index < -0.39 is 0 Å². The van der Waals surface area contributed by atoms with Gasteiger partial charge < -0.3 is 4.74 Å². The third-order valence-corrected chi connectivity index (χ3v) is 2.82. The van der Waals surface area contributed by atoms with Gasteiger partial charge in [0.05, 0.1) is 6.04 Å². The zero-order valence-electron chi connectivity index (χ0n) is 10.1. The second-order valence-electron chi connectivity index (χ2n) is 4.16. The monoisotopic (exact) mass is 222 g/mol. The number of hydrazine groups is 1. The molecule has 0 fully saturated rings. The van der Waals surface area contributed by atoms with Gasteiger partial charge in [0.25, 0.3) is 0 Å². The Morgan fingerprint density at radius 1 is 1.31 bits per heavy atom. The SMILES string of the molecule is CCCC(C)C(COc1ccccc1)NN. The standard InChI is InChI=1S/C13H22N2O/c1-3-7-11(2)13(15-14)10-16-12-8-5-4-6-9-12/h4-6,8-9,11,13,15H,3,7,10,14H2,1-2H3. The minimum atomic E-state index is 0.208. The minimum Gasteiger partial charge on any atom is -0.492 e. The number of nitrogens with one attached hydrogen (secondary N) is 1. The predicted molar refractivity (Wildman–Crippen MR) is 67.1 cm³/mol. The zero-order valence-corrected chi connectivity index (χ0v) is 10.1. The summed E-state index contributed by atoms with van der Waals surface area (Å²) in [5.41, 5.74) is 2.83. The highest BCUT2D eigenvalue weighted by atomic mass is 16.5. The summed E-state index contributed by atoms with van der Waals surface area (Å²) in [6.45, 7) is 4.99. The van der Waals surface area contributed by atoms with Crippen molar-refractivity contribution in [3.8, 4) is 5.75 Å². The smallest absolute Gasteiger partial charge is 0.119 e. The maximum absolute atomic E-state index is 5.68. The molecule has 1 rings (SSSR count). The van der Waals surface area contributed by atoms with Crippen molar-refractivity contribution < 1.29 is 4.74 Å². The Morgan fingerprint density at radius 3 is 2.56 bits per heavy atom. The maximum atomic E-state index is 5.68. The van der Waals surface area contributed by atoms with Gasteiger partial charge in [-0.05, 0) is 24.5 Å². The molecule has 2 unspecified atom stereocenters. The van der Waals surface area contributed by atoms with Crippen molar-refractivity contribution in [2.24, 2.45) is 11.8 Å².